The molecule has 2 N–H and O–H groups in total. The van der Waals surface area contributed by atoms with Crippen molar-refractivity contribution < 1.29 is 14.3 Å². The van der Waals surface area contributed by atoms with E-state index in [2.05, 4.69) is 15.7 Å². The quantitative estimate of drug-likeness (QED) is 0.865. The van der Waals surface area contributed by atoms with Crippen LogP contribution >= 0.6 is 0 Å². The fourth-order valence-electron chi connectivity index (χ4n) is 3.67. The van der Waals surface area contributed by atoms with Crippen molar-refractivity contribution >= 4 is 5.91 Å². The average molecular weight is 356 g/mol. The van der Waals surface area contributed by atoms with E-state index in [1.54, 1.807) is 4.68 Å². The molecular formula is C19H24N4O3. The van der Waals surface area contributed by atoms with Crippen LogP contribution in [0.25, 0.3) is 0 Å². The van der Waals surface area contributed by atoms with Crippen molar-refractivity contribution in [1.29, 1.82) is 0 Å². The second kappa shape index (κ2) is 6.99. The molecule has 1 aromatic carbocycles. The lowest BCUT2D eigenvalue weighted by Crippen LogP contribution is -2.36. The second-order valence-electron chi connectivity index (χ2n) is 6.95. The number of hydrogen-bond acceptors (Lipinski definition) is 5. The summed E-state index contributed by atoms with van der Waals surface area (Å²) in [6.45, 7) is 4.59. The minimum atomic E-state index is -0.103. The summed E-state index contributed by atoms with van der Waals surface area (Å²) in [4.78, 5) is 12.9. The van der Waals surface area contributed by atoms with E-state index in [0.29, 0.717) is 19.8 Å². The number of rotatable bonds is 4. The predicted octanol–water partition coefficient (Wildman–Crippen LogP) is 1.37. The van der Waals surface area contributed by atoms with E-state index in [-0.39, 0.29) is 23.8 Å². The molecule has 0 saturated carbocycles. The van der Waals surface area contributed by atoms with Gasteiger partial charge in [0.15, 0.2) is 11.5 Å². The largest absolute Gasteiger partial charge is 0.486 e. The lowest BCUT2D eigenvalue weighted by molar-refractivity contribution is -0.125. The van der Waals surface area contributed by atoms with Gasteiger partial charge in [-0.15, -0.1) is 0 Å². The number of nitrogens with zero attached hydrogens (tertiary/aromatic N) is 2. The molecule has 3 atom stereocenters. The van der Waals surface area contributed by atoms with Gasteiger partial charge in [0, 0.05) is 32.3 Å². The Morgan fingerprint density at radius 1 is 1.31 bits per heavy atom. The van der Waals surface area contributed by atoms with Crippen LogP contribution in [0.4, 0.5) is 0 Å². The minimum Gasteiger partial charge on any atom is -0.486 e. The molecule has 26 heavy (non-hydrogen) atoms. The number of ether oxygens (including phenoxy) is 2. The molecule has 0 aliphatic carbocycles. The minimum absolute atomic E-state index is 0.0613. The first-order valence-electron chi connectivity index (χ1n) is 9.01. The summed E-state index contributed by atoms with van der Waals surface area (Å²) in [5.74, 6) is 1.61. The van der Waals surface area contributed by atoms with Gasteiger partial charge in [-0.25, -0.2) is 0 Å². The van der Waals surface area contributed by atoms with Crippen molar-refractivity contribution in [3.8, 4) is 11.5 Å². The number of fused-ring (bicyclic) bond motifs is 1. The highest BCUT2D eigenvalue weighted by atomic mass is 16.6. The number of carbonyl (C=O) groups excluding carboxylic acids is 1. The van der Waals surface area contributed by atoms with Gasteiger partial charge in [0.1, 0.15) is 13.2 Å². The van der Waals surface area contributed by atoms with Crippen LogP contribution in [0.5, 0.6) is 11.5 Å². The molecule has 138 valence electrons. The number of amides is 1. The number of carbonyl (C=O) groups is 1. The van der Waals surface area contributed by atoms with Crippen LogP contribution in [0.2, 0.25) is 0 Å². The van der Waals surface area contributed by atoms with E-state index in [0.717, 1.165) is 29.2 Å². The summed E-state index contributed by atoms with van der Waals surface area (Å²) < 4.78 is 13.0. The van der Waals surface area contributed by atoms with Crippen LogP contribution in [0.15, 0.2) is 30.6 Å². The van der Waals surface area contributed by atoms with Crippen molar-refractivity contribution in [1.82, 2.24) is 20.4 Å². The molecule has 2 aliphatic rings. The maximum atomic E-state index is 12.9. The molecule has 0 radical (unpaired) electrons. The van der Waals surface area contributed by atoms with E-state index in [1.165, 1.54) is 0 Å². The van der Waals surface area contributed by atoms with Crippen LogP contribution < -0.4 is 20.1 Å². The van der Waals surface area contributed by atoms with Gasteiger partial charge in [0.25, 0.3) is 0 Å². The predicted molar refractivity (Wildman–Crippen MR) is 96.3 cm³/mol. The van der Waals surface area contributed by atoms with Gasteiger partial charge in [0.2, 0.25) is 5.91 Å². The number of aryl methyl sites for hydroxylation is 1. The Hall–Kier alpha value is -2.54. The maximum Gasteiger partial charge on any atom is 0.225 e. The zero-order valence-electron chi connectivity index (χ0n) is 15.1. The van der Waals surface area contributed by atoms with E-state index < -0.39 is 0 Å². The normalized spacial score (nSPS) is 22.8. The van der Waals surface area contributed by atoms with Crippen molar-refractivity contribution in [2.45, 2.75) is 18.9 Å². The Morgan fingerprint density at radius 2 is 2.12 bits per heavy atom. The summed E-state index contributed by atoms with van der Waals surface area (Å²) in [5, 5.41) is 10.7. The molecule has 1 fully saturated rings. The Bertz CT molecular complexity index is 804. The van der Waals surface area contributed by atoms with Gasteiger partial charge >= 0.3 is 0 Å². The van der Waals surface area contributed by atoms with Gasteiger partial charge in [0.05, 0.1) is 18.2 Å². The second-order valence-corrected chi connectivity index (χ2v) is 6.95. The van der Waals surface area contributed by atoms with Crippen LogP contribution in [0.3, 0.4) is 0 Å². The SMILES string of the molecule is CC(NC(=O)[C@H]1CNC[C@@H]1c1cnn(C)c1)c1ccc2c(c1)OCCO2. The van der Waals surface area contributed by atoms with E-state index in [4.69, 9.17) is 9.47 Å². The first-order valence-corrected chi connectivity index (χ1v) is 9.01. The Morgan fingerprint density at radius 3 is 2.88 bits per heavy atom. The molecule has 3 heterocycles. The van der Waals surface area contributed by atoms with Gasteiger partial charge in [-0.05, 0) is 30.2 Å². The first-order chi connectivity index (χ1) is 12.6. The Balaban J connectivity index is 1.45. The zero-order valence-corrected chi connectivity index (χ0v) is 15.1. The fraction of sp³-hybridized carbons (Fsp3) is 0.474. The molecule has 1 aromatic heterocycles. The van der Waals surface area contributed by atoms with Crippen molar-refractivity contribution in [2.75, 3.05) is 26.3 Å². The van der Waals surface area contributed by atoms with Crippen molar-refractivity contribution in [3.63, 3.8) is 0 Å². The van der Waals surface area contributed by atoms with Crippen LogP contribution in [0, 0.1) is 5.92 Å². The lowest BCUT2D eigenvalue weighted by atomic mass is 9.90. The third-order valence-corrected chi connectivity index (χ3v) is 5.13. The molecule has 0 spiro atoms. The van der Waals surface area contributed by atoms with Gasteiger partial charge < -0.3 is 20.1 Å². The summed E-state index contributed by atoms with van der Waals surface area (Å²) in [5.41, 5.74) is 2.11. The number of nitrogens with one attached hydrogen (secondary N) is 2. The number of aromatic nitrogens is 2. The third kappa shape index (κ3) is 3.26. The molecular weight excluding hydrogens is 332 g/mol. The summed E-state index contributed by atoms with van der Waals surface area (Å²) in [7, 11) is 1.89. The zero-order chi connectivity index (χ0) is 18.1. The van der Waals surface area contributed by atoms with Crippen LogP contribution in [-0.2, 0) is 11.8 Å². The molecule has 4 rings (SSSR count). The van der Waals surface area contributed by atoms with E-state index >= 15 is 0 Å². The first kappa shape index (κ1) is 16.9. The highest BCUT2D eigenvalue weighted by molar-refractivity contribution is 5.81. The lowest BCUT2D eigenvalue weighted by Gasteiger charge is -2.23. The monoisotopic (exact) mass is 356 g/mol. The molecule has 1 unspecified atom stereocenters. The van der Waals surface area contributed by atoms with Gasteiger partial charge in [-0.1, -0.05) is 6.07 Å². The summed E-state index contributed by atoms with van der Waals surface area (Å²) in [6, 6.07) is 5.73. The number of hydrogen-bond donors (Lipinski definition) is 2. The molecule has 7 heteroatoms. The molecule has 0 bridgehead atoms. The Kier molecular flexibility index (Phi) is 4.55. The van der Waals surface area contributed by atoms with E-state index in [9.17, 15) is 4.79 Å². The maximum absolute atomic E-state index is 12.9. The highest BCUT2D eigenvalue weighted by Crippen LogP contribution is 2.33. The third-order valence-electron chi connectivity index (χ3n) is 5.13. The number of benzene rings is 1. The molecule has 2 aromatic rings. The van der Waals surface area contributed by atoms with Crippen LogP contribution in [-0.4, -0.2) is 42.0 Å². The van der Waals surface area contributed by atoms with Crippen molar-refractivity contribution in [2.24, 2.45) is 13.0 Å². The summed E-state index contributed by atoms with van der Waals surface area (Å²) >= 11 is 0. The van der Waals surface area contributed by atoms with Crippen LogP contribution in [0.1, 0.15) is 30.0 Å². The van der Waals surface area contributed by atoms with E-state index in [1.807, 2.05) is 44.6 Å². The summed E-state index contributed by atoms with van der Waals surface area (Å²) in [6.07, 6.45) is 3.84. The van der Waals surface area contributed by atoms with Gasteiger partial charge in [-0.2, -0.15) is 5.10 Å². The smallest absolute Gasteiger partial charge is 0.225 e. The standard InChI is InChI=1S/C19H24N4O3/c1-12(13-3-4-17-18(7-13)26-6-5-25-17)22-19(24)16-10-20-9-15(16)14-8-21-23(2)11-14/h3-4,7-8,11-12,15-16,20H,5-6,9-10H2,1-2H3,(H,22,24)/t12?,15-,16+/m1/s1. The highest BCUT2D eigenvalue weighted by Gasteiger charge is 2.35. The van der Waals surface area contributed by atoms with Crippen molar-refractivity contribution in [3.05, 3.63) is 41.7 Å². The molecule has 1 amide bonds. The molecule has 7 nitrogen and oxygen atoms in total. The topological polar surface area (TPSA) is 77.4 Å². The Labute approximate surface area is 152 Å². The average Bonchev–Trinajstić information content (AvgIpc) is 3.30. The fourth-order valence-corrected chi connectivity index (χ4v) is 3.67. The molecule has 2 aliphatic heterocycles. The van der Waals surface area contributed by atoms with Gasteiger partial charge in [-0.3, -0.25) is 9.48 Å². The molecule has 1 saturated heterocycles.